The van der Waals surface area contributed by atoms with Gasteiger partial charge in [-0.25, -0.2) is 0 Å². The minimum atomic E-state index is 0.345. The maximum Gasteiger partial charge on any atom is 0.123 e. The zero-order chi connectivity index (χ0) is 12.4. The van der Waals surface area contributed by atoms with Crippen LogP contribution in [-0.2, 0) is 11.8 Å². The normalized spacial score (nSPS) is 20.8. The fourth-order valence-corrected chi connectivity index (χ4v) is 3.56. The lowest BCUT2D eigenvalue weighted by atomic mass is 9.66. The second kappa shape index (κ2) is 4.65. The Hall–Kier alpha value is -1.49. The molecule has 18 heavy (non-hydrogen) atoms. The lowest BCUT2D eigenvalue weighted by Gasteiger charge is -2.42. The molecular formula is C16H19NO. The molecule has 1 aromatic rings. The van der Waals surface area contributed by atoms with Crippen LogP contribution in [0.15, 0.2) is 18.2 Å². The SMILES string of the molecule is N#CCc1ccc2c(c1)C1(CCCCC1)CCO2. The second-order valence-electron chi connectivity index (χ2n) is 5.60. The third-order valence-corrected chi connectivity index (χ3v) is 4.55. The molecule has 0 aromatic heterocycles. The molecule has 1 saturated carbocycles. The van der Waals surface area contributed by atoms with E-state index in [2.05, 4.69) is 18.2 Å². The van der Waals surface area contributed by atoms with Gasteiger partial charge in [-0.2, -0.15) is 5.26 Å². The second-order valence-corrected chi connectivity index (χ2v) is 5.60. The van der Waals surface area contributed by atoms with E-state index in [1.807, 2.05) is 6.07 Å². The Kier molecular flexibility index (Phi) is 2.99. The molecule has 2 heteroatoms. The summed E-state index contributed by atoms with van der Waals surface area (Å²) in [5.74, 6) is 1.06. The van der Waals surface area contributed by atoms with Gasteiger partial charge >= 0.3 is 0 Å². The van der Waals surface area contributed by atoms with Crippen molar-refractivity contribution in [3.05, 3.63) is 29.3 Å². The van der Waals surface area contributed by atoms with E-state index in [1.54, 1.807) is 0 Å². The van der Waals surface area contributed by atoms with Crippen LogP contribution in [0.5, 0.6) is 5.75 Å². The van der Waals surface area contributed by atoms with E-state index in [-0.39, 0.29) is 0 Å². The number of benzene rings is 1. The lowest BCUT2D eigenvalue weighted by molar-refractivity contribution is 0.174. The highest BCUT2D eigenvalue weighted by atomic mass is 16.5. The first kappa shape index (κ1) is 11.6. The summed E-state index contributed by atoms with van der Waals surface area (Å²) in [7, 11) is 0. The number of fused-ring (bicyclic) bond motifs is 2. The molecule has 0 saturated heterocycles. The van der Waals surface area contributed by atoms with Crippen molar-refractivity contribution in [1.82, 2.24) is 0 Å². The molecule has 2 aliphatic rings. The molecule has 2 nitrogen and oxygen atoms in total. The fraction of sp³-hybridized carbons (Fsp3) is 0.562. The predicted octanol–water partition coefficient (Wildman–Crippen LogP) is 3.74. The van der Waals surface area contributed by atoms with E-state index in [1.165, 1.54) is 37.7 Å². The van der Waals surface area contributed by atoms with E-state index in [0.29, 0.717) is 11.8 Å². The summed E-state index contributed by atoms with van der Waals surface area (Å²) in [6, 6.07) is 8.57. The van der Waals surface area contributed by atoms with Crippen molar-refractivity contribution in [2.75, 3.05) is 6.61 Å². The van der Waals surface area contributed by atoms with E-state index in [0.717, 1.165) is 24.3 Å². The molecule has 1 heterocycles. The van der Waals surface area contributed by atoms with Gasteiger partial charge in [0.15, 0.2) is 0 Å². The van der Waals surface area contributed by atoms with Gasteiger partial charge in [0, 0.05) is 11.0 Å². The van der Waals surface area contributed by atoms with Gasteiger partial charge in [0.1, 0.15) is 5.75 Å². The summed E-state index contributed by atoms with van der Waals surface area (Å²) in [5.41, 5.74) is 2.85. The van der Waals surface area contributed by atoms with Gasteiger partial charge in [0.2, 0.25) is 0 Å². The van der Waals surface area contributed by atoms with Crippen LogP contribution in [0.4, 0.5) is 0 Å². The van der Waals surface area contributed by atoms with Crippen molar-refractivity contribution in [3.8, 4) is 11.8 Å². The first-order chi connectivity index (χ1) is 8.84. The quantitative estimate of drug-likeness (QED) is 0.750. The van der Waals surface area contributed by atoms with Crippen LogP contribution in [0.3, 0.4) is 0 Å². The molecule has 1 aliphatic heterocycles. The maximum atomic E-state index is 8.84. The monoisotopic (exact) mass is 241 g/mol. The molecule has 0 amide bonds. The molecule has 94 valence electrons. The predicted molar refractivity (Wildman–Crippen MR) is 70.6 cm³/mol. The maximum absolute atomic E-state index is 8.84. The number of rotatable bonds is 1. The van der Waals surface area contributed by atoms with Crippen molar-refractivity contribution < 1.29 is 4.74 Å². The van der Waals surface area contributed by atoms with Crippen molar-refractivity contribution in [2.45, 2.75) is 50.4 Å². The van der Waals surface area contributed by atoms with Crippen LogP contribution < -0.4 is 4.74 Å². The van der Waals surface area contributed by atoms with Gasteiger partial charge in [-0.3, -0.25) is 0 Å². The van der Waals surface area contributed by atoms with Crippen LogP contribution in [0.1, 0.15) is 49.7 Å². The smallest absolute Gasteiger partial charge is 0.123 e. The summed E-state index contributed by atoms with van der Waals surface area (Å²) >= 11 is 0. The van der Waals surface area contributed by atoms with Crippen molar-refractivity contribution in [2.24, 2.45) is 0 Å². The number of nitrogens with zero attached hydrogens (tertiary/aromatic N) is 1. The molecule has 0 bridgehead atoms. The highest BCUT2D eigenvalue weighted by molar-refractivity contribution is 5.45. The van der Waals surface area contributed by atoms with E-state index in [9.17, 15) is 0 Å². The Morgan fingerprint density at radius 2 is 2.00 bits per heavy atom. The number of ether oxygens (including phenoxy) is 1. The minimum absolute atomic E-state index is 0.345. The summed E-state index contributed by atoms with van der Waals surface area (Å²) in [4.78, 5) is 0. The topological polar surface area (TPSA) is 33.0 Å². The van der Waals surface area contributed by atoms with E-state index >= 15 is 0 Å². The molecule has 1 aromatic carbocycles. The Balaban J connectivity index is 2.02. The van der Waals surface area contributed by atoms with Crippen molar-refractivity contribution >= 4 is 0 Å². The number of hydrogen-bond acceptors (Lipinski definition) is 2. The molecule has 0 atom stereocenters. The van der Waals surface area contributed by atoms with Crippen molar-refractivity contribution in [1.29, 1.82) is 5.26 Å². The Morgan fingerprint density at radius 1 is 1.17 bits per heavy atom. The minimum Gasteiger partial charge on any atom is -0.493 e. The lowest BCUT2D eigenvalue weighted by Crippen LogP contribution is -2.35. The summed E-state index contributed by atoms with van der Waals surface area (Å²) in [5, 5.41) is 8.84. The Bertz CT molecular complexity index is 480. The highest BCUT2D eigenvalue weighted by Gasteiger charge is 2.38. The third-order valence-electron chi connectivity index (χ3n) is 4.55. The van der Waals surface area contributed by atoms with Crippen LogP contribution in [0.25, 0.3) is 0 Å². The van der Waals surface area contributed by atoms with Gasteiger partial charge in [-0.1, -0.05) is 31.4 Å². The van der Waals surface area contributed by atoms with Gasteiger partial charge < -0.3 is 4.74 Å². The molecule has 0 unspecified atom stereocenters. The zero-order valence-electron chi connectivity index (χ0n) is 10.7. The number of hydrogen-bond donors (Lipinski definition) is 0. The largest absolute Gasteiger partial charge is 0.493 e. The summed E-state index contributed by atoms with van der Waals surface area (Å²) in [6.45, 7) is 0.852. The molecule has 1 spiro atoms. The van der Waals surface area contributed by atoms with Gasteiger partial charge in [-0.05, 0) is 30.9 Å². The fourth-order valence-electron chi connectivity index (χ4n) is 3.56. The van der Waals surface area contributed by atoms with E-state index < -0.39 is 0 Å². The summed E-state index contributed by atoms with van der Waals surface area (Å²) in [6.07, 6.45) is 8.28. The molecule has 0 N–H and O–H groups in total. The van der Waals surface area contributed by atoms with Gasteiger partial charge in [0.05, 0.1) is 19.1 Å². The van der Waals surface area contributed by atoms with Crippen molar-refractivity contribution in [3.63, 3.8) is 0 Å². The number of nitriles is 1. The average Bonchev–Trinajstić information content (AvgIpc) is 2.41. The van der Waals surface area contributed by atoms with Gasteiger partial charge in [-0.15, -0.1) is 0 Å². The first-order valence-electron chi connectivity index (χ1n) is 6.97. The van der Waals surface area contributed by atoms with Crippen LogP contribution in [0.2, 0.25) is 0 Å². The molecule has 1 fully saturated rings. The van der Waals surface area contributed by atoms with Crippen LogP contribution in [-0.4, -0.2) is 6.61 Å². The van der Waals surface area contributed by atoms with Crippen LogP contribution in [0, 0.1) is 11.3 Å². The zero-order valence-corrected chi connectivity index (χ0v) is 10.7. The first-order valence-corrected chi connectivity index (χ1v) is 6.97. The average molecular weight is 241 g/mol. The van der Waals surface area contributed by atoms with Gasteiger partial charge in [0.25, 0.3) is 0 Å². The standard InChI is InChI=1S/C16H19NO/c17-10-6-13-4-5-15-14(12-13)16(9-11-18-15)7-2-1-3-8-16/h4-5,12H,1-3,6-9,11H2. The molecule has 3 rings (SSSR count). The molecule has 0 radical (unpaired) electrons. The van der Waals surface area contributed by atoms with Crippen LogP contribution >= 0.6 is 0 Å². The molecule has 1 aliphatic carbocycles. The Morgan fingerprint density at radius 3 is 2.78 bits per heavy atom. The molecular weight excluding hydrogens is 222 g/mol. The highest BCUT2D eigenvalue weighted by Crippen LogP contribution is 2.48. The Labute approximate surface area is 109 Å². The van der Waals surface area contributed by atoms with E-state index in [4.69, 9.17) is 10.00 Å². The summed E-state index contributed by atoms with van der Waals surface area (Å²) < 4.78 is 5.80. The third kappa shape index (κ3) is 1.88.